The quantitative estimate of drug-likeness (QED) is 0.858. The van der Waals surface area contributed by atoms with Crippen molar-refractivity contribution in [3.05, 3.63) is 24.3 Å². The molecular formula is C16H24N2O. The zero-order chi connectivity index (χ0) is 13.7. The van der Waals surface area contributed by atoms with E-state index < -0.39 is 0 Å². The summed E-state index contributed by atoms with van der Waals surface area (Å²) in [5.74, 6) is 0.746. The van der Waals surface area contributed by atoms with Crippen LogP contribution in [0.3, 0.4) is 0 Å². The van der Waals surface area contributed by atoms with E-state index in [4.69, 9.17) is 0 Å². The van der Waals surface area contributed by atoms with Crippen molar-refractivity contribution < 1.29 is 4.79 Å². The fraction of sp³-hybridized carbons (Fsp3) is 0.562. The number of rotatable bonds is 4. The second-order valence-electron chi connectivity index (χ2n) is 5.59. The van der Waals surface area contributed by atoms with Gasteiger partial charge in [-0.1, -0.05) is 25.3 Å². The monoisotopic (exact) mass is 260 g/mol. The van der Waals surface area contributed by atoms with E-state index in [1.54, 1.807) is 0 Å². The second-order valence-corrected chi connectivity index (χ2v) is 5.59. The number of hydrogen-bond acceptors (Lipinski definition) is 2. The number of anilines is 2. The van der Waals surface area contributed by atoms with Crippen molar-refractivity contribution in [1.29, 1.82) is 0 Å². The van der Waals surface area contributed by atoms with Gasteiger partial charge in [0.2, 0.25) is 5.91 Å². The van der Waals surface area contributed by atoms with Crippen LogP contribution >= 0.6 is 0 Å². The smallest absolute Gasteiger partial charge is 0.221 e. The molecule has 1 atom stereocenters. The average Bonchev–Trinajstić information content (AvgIpc) is 2.39. The van der Waals surface area contributed by atoms with Crippen molar-refractivity contribution in [1.82, 2.24) is 0 Å². The number of carbonyl (C=O) groups excluding carboxylic acids is 1. The third-order valence-electron chi connectivity index (χ3n) is 3.93. The van der Waals surface area contributed by atoms with E-state index in [0.29, 0.717) is 6.04 Å². The third kappa shape index (κ3) is 4.27. The number of nitrogens with one attached hydrogen (secondary N) is 2. The summed E-state index contributed by atoms with van der Waals surface area (Å²) in [6.07, 6.45) is 6.78. The highest BCUT2D eigenvalue weighted by Gasteiger charge is 2.19. The molecule has 19 heavy (non-hydrogen) atoms. The largest absolute Gasteiger partial charge is 0.382 e. The van der Waals surface area contributed by atoms with Crippen LogP contribution in [0.15, 0.2) is 24.3 Å². The molecule has 0 bridgehead atoms. The van der Waals surface area contributed by atoms with Gasteiger partial charge in [0.25, 0.3) is 0 Å². The van der Waals surface area contributed by atoms with Gasteiger partial charge in [0, 0.05) is 24.3 Å². The van der Waals surface area contributed by atoms with E-state index in [1.807, 2.05) is 18.2 Å². The van der Waals surface area contributed by atoms with Crippen molar-refractivity contribution in [2.75, 3.05) is 10.6 Å². The highest BCUT2D eigenvalue weighted by Crippen LogP contribution is 2.28. The molecule has 1 fully saturated rings. The Balaban J connectivity index is 1.95. The molecule has 1 aromatic rings. The maximum Gasteiger partial charge on any atom is 0.221 e. The van der Waals surface area contributed by atoms with E-state index in [2.05, 4.69) is 23.6 Å². The van der Waals surface area contributed by atoms with Gasteiger partial charge >= 0.3 is 0 Å². The maximum absolute atomic E-state index is 11.1. The van der Waals surface area contributed by atoms with Crippen molar-refractivity contribution in [2.45, 2.75) is 52.0 Å². The van der Waals surface area contributed by atoms with E-state index in [-0.39, 0.29) is 5.91 Å². The fourth-order valence-corrected chi connectivity index (χ4v) is 2.90. The normalized spacial score (nSPS) is 17.8. The van der Waals surface area contributed by atoms with Gasteiger partial charge in [-0.2, -0.15) is 0 Å². The van der Waals surface area contributed by atoms with Gasteiger partial charge in [0.15, 0.2) is 0 Å². The predicted molar refractivity (Wildman–Crippen MR) is 80.4 cm³/mol. The molecule has 104 valence electrons. The van der Waals surface area contributed by atoms with E-state index >= 15 is 0 Å². The Morgan fingerprint density at radius 3 is 2.58 bits per heavy atom. The Morgan fingerprint density at radius 2 is 1.89 bits per heavy atom. The highest BCUT2D eigenvalue weighted by atomic mass is 16.1. The first-order valence-electron chi connectivity index (χ1n) is 7.29. The summed E-state index contributed by atoms with van der Waals surface area (Å²) in [5, 5.41) is 6.39. The number of hydrogen-bond donors (Lipinski definition) is 2. The zero-order valence-corrected chi connectivity index (χ0v) is 11.9. The first-order valence-corrected chi connectivity index (χ1v) is 7.29. The van der Waals surface area contributed by atoms with Crippen molar-refractivity contribution >= 4 is 17.3 Å². The molecule has 0 spiro atoms. The SMILES string of the molecule is CC(=O)Nc1cccc(NC(C)C2CCCCC2)c1. The Kier molecular flexibility index (Phi) is 4.83. The topological polar surface area (TPSA) is 41.1 Å². The third-order valence-corrected chi connectivity index (χ3v) is 3.93. The van der Waals surface area contributed by atoms with Crippen LogP contribution < -0.4 is 10.6 Å². The minimum absolute atomic E-state index is 0.0301. The molecule has 0 aromatic heterocycles. The van der Waals surface area contributed by atoms with Gasteiger partial charge in [-0.05, 0) is 43.9 Å². The van der Waals surface area contributed by atoms with Crippen molar-refractivity contribution in [3.63, 3.8) is 0 Å². The van der Waals surface area contributed by atoms with Crippen LogP contribution in [-0.4, -0.2) is 11.9 Å². The average molecular weight is 260 g/mol. The van der Waals surface area contributed by atoms with Crippen LogP contribution in [-0.2, 0) is 4.79 Å². The van der Waals surface area contributed by atoms with Gasteiger partial charge in [-0.15, -0.1) is 0 Å². The predicted octanol–water partition coefficient (Wildman–Crippen LogP) is 4.03. The molecular weight excluding hydrogens is 236 g/mol. The molecule has 1 aromatic carbocycles. The lowest BCUT2D eigenvalue weighted by Crippen LogP contribution is -2.27. The fourth-order valence-electron chi connectivity index (χ4n) is 2.90. The molecule has 0 heterocycles. The summed E-state index contributed by atoms with van der Waals surface area (Å²) in [7, 11) is 0. The summed E-state index contributed by atoms with van der Waals surface area (Å²) in [5.41, 5.74) is 1.94. The summed E-state index contributed by atoms with van der Waals surface area (Å²) in [4.78, 5) is 11.1. The maximum atomic E-state index is 11.1. The van der Waals surface area contributed by atoms with Crippen LogP contribution in [0.25, 0.3) is 0 Å². The second kappa shape index (κ2) is 6.60. The number of benzene rings is 1. The molecule has 0 aliphatic heterocycles. The Hall–Kier alpha value is -1.51. The Bertz CT molecular complexity index is 425. The summed E-state index contributed by atoms with van der Waals surface area (Å²) in [6, 6.07) is 8.44. The molecule has 1 aliphatic rings. The lowest BCUT2D eigenvalue weighted by atomic mass is 9.84. The lowest BCUT2D eigenvalue weighted by molar-refractivity contribution is -0.114. The van der Waals surface area contributed by atoms with Crippen molar-refractivity contribution in [3.8, 4) is 0 Å². The van der Waals surface area contributed by atoms with E-state index in [1.165, 1.54) is 39.0 Å². The van der Waals surface area contributed by atoms with Crippen LogP contribution in [0.1, 0.15) is 46.0 Å². The molecule has 3 nitrogen and oxygen atoms in total. The van der Waals surface area contributed by atoms with Gasteiger partial charge in [-0.3, -0.25) is 4.79 Å². The number of carbonyl (C=O) groups is 1. The highest BCUT2D eigenvalue weighted by molar-refractivity contribution is 5.89. The van der Waals surface area contributed by atoms with Gasteiger partial charge in [0.05, 0.1) is 0 Å². The molecule has 2 N–H and O–H groups in total. The van der Waals surface area contributed by atoms with Crippen LogP contribution in [0.5, 0.6) is 0 Å². The molecule has 0 radical (unpaired) electrons. The van der Waals surface area contributed by atoms with Crippen LogP contribution in [0.4, 0.5) is 11.4 Å². The van der Waals surface area contributed by atoms with Crippen LogP contribution in [0, 0.1) is 5.92 Å². The standard InChI is InChI=1S/C16H24N2O/c1-12(14-7-4-3-5-8-14)17-15-9-6-10-16(11-15)18-13(2)19/h6,9-12,14,17H,3-5,7-8H2,1-2H3,(H,18,19). The summed E-state index contributed by atoms with van der Waals surface area (Å²) >= 11 is 0. The lowest BCUT2D eigenvalue weighted by Gasteiger charge is -2.29. The Labute approximate surface area is 115 Å². The van der Waals surface area contributed by atoms with Gasteiger partial charge in [0.1, 0.15) is 0 Å². The summed E-state index contributed by atoms with van der Waals surface area (Å²) < 4.78 is 0. The van der Waals surface area contributed by atoms with Gasteiger partial charge in [-0.25, -0.2) is 0 Å². The number of amides is 1. The minimum Gasteiger partial charge on any atom is -0.382 e. The molecule has 1 saturated carbocycles. The van der Waals surface area contributed by atoms with Gasteiger partial charge < -0.3 is 10.6 Å². The minimum atomic E-state index is -0.0301. The molecule has 1 aliphatic carbocycles. The molecule has 0 saturated heterocycles. The Morgan fingerprint density at radius 1 is 1.21 bits per heavy atom. The summed E-state index contributed by atoms with van der Waals surface area (Å²) in [6.45, 7) is 3.80. The molecule has 1 unspecified atom stereocenters. The molecule has 3 heteroatoms. The first-order chi connectivity index (χ1) is 9.15. The van der Waals surface area contributed by atoms with Crippen molar-refractivity contribution in [2.24, 2.45) is 5.92 Å². The first kappa shape index (κ1) is 13.9. The molecule has 1 amide bonds. The van der Waals surface area contributed by atoms with E-state index in [0.717, 1.165) is 17.3 Å². The zero-order valence-electron chi connectivity index (χ0n) is 11.9. The molecule has 2 rings (SSSR count). The van der Waals surface area contributed by atoms with Crippen LogP contribution in [0.2, 0.25) is 0 Å². The van der Waals surface area contributed by atoms with E-state index in [9.17, 15) is 4.79 Å².